The average Bonchev–Trinajstić information content (AvgIpc) is 3.13. The number of nitrogen functional groups attached to an aromatic ring is 1. The molecular formula is C28H33FN2O3S2. The lowest BCUT2D eigenvalue weighted by molar-refractivity contribution is -0.164. The zero-order valence-electron chi connectivity index (χ0n) is 21.6. The van der Waals surface area contributed by atoms with E-state index in [0.29, 0.717) is 18.0 Å². The minimum Gasteiger partial charge on any atom is -0.511 e. The first kappa shape index (κ1) is 26.5. The van der Waals surface area contributed by atoms with Crippen LogP contribution < -0.4 is 5.73 Å². The number of esters is 1. The molecule has 0 amide bonds. The van der Waals surface area contributed by atoms with Crippen LogP contribution in [0, 0.1) is 18.7 Å². The summed E-state index contributed by atoms with van der Waals surface area (Å²) in [5.41, 5.74) is 8.59. The molecule has 0 aliphatic carbocycles. The lowest BCUT2D eigenvalue weighted by atomic mass is 9.79. The molecule has 0 saturated heterocycles. The summed E-state index contributed by atoms with van der Waals surface area (Å²) in [6.07, 6.45) is 1.38. The SMILES string of the molecule is Cc1cc(F)ccc1CC[C@@]1(C(C)C)CC(O)=C(Sc2cc3sc(N)nc3cc2C(C)(C)C)C(=O)O1. The van der Waals surface area contributed by atoms with Crippen molar-refractivity contribution in [2.24, 2.45) is 5.92 Å². The number of ether oxygens (including phenoxy) is 1. The number of aromatic nitrogens is 1. The van der Waals surface area contributed by atoms with Gasteiger partial charge in [0.25, 0.3) is 0 Å². The Bertz CT molecular complexity index is 1360. The fourth-order valence-corrected chi connectivity index (χ4v) is 6.66. The van der Waals surface area contributed by atoms with Gasteiger partial charge in [0, 0.05) is 11.3 Å². The van der Waals surface area contributed by atoms with E-state index in [0.717, 1.165) is 31.8 Å². The van der Waals surface area contributed by atoms with Gasteiger partial charge in [0.15, 0.2) is 5.13 Å². The fraction of sp³-hybridized carbons (Fsp3) is 0.429. The highest BCUT2D eigenvalue weighted by atomic mass is 32.2. The minimum absolute atomic E-state index is 0.0161. The lowest BCUT2D eigenvalue weighted by Crippen LogP contribution is -2.44. The summed E-state index contributed by atoms with van der Waals surface area (Å²) in [6.45, 7) is 12.2. The highest BCUT2D eigenvalue weighted by Crippen LogP contribution is 2.46. The molecule has 3 aromatic rings. The number of hydrogen-bond donors (Lipinski definition) is 2. The number of fused-ring (bicyclic) bond motifs is 1. The number of hydrogen-bond acceptors (Lipinski definition) is 7. The molecule has 0 spiro atoms. The summed E-state index contributed by atoms with van der Waals surface area (Å²) >= 11 is 2.64. The predicted octanol–water partition coefficient (Wildman–Crippen LogP) is 7.46. The van der Waals surface area contributed by atoms with E-state index in [2.05, 4.69) is 25.8 Å². The second-order valence-corrected chi connectivity index (χ2v) is 13.0. The van der Waals surface area contributed by atoms with Crippen LogP contribution in [-0.2, 0) is 21.4 Å². The van der Waals surface area contributed by atoms with Gasteiger partial charge in [-0.1, -0.05) is 63.8 Å². The van der Waals surface area contributed by atoms with Gasteiger partial charge in [0.2, 0.25) is 0 Å². The number of nitrogens with two attached hydrogens (primary N) is 1. The number of benzene rings is 2. The van der Waals surface area contributed by atoms with Crippen LogP contribution in [0.25, 0.3) is 10.2 Å². The van der Waals surface area contributed by atoms with Crippen molar-refractivity contribution in [2.45, 2.75) is 76.7 Å². The Morgan fingerprint density at radius 2 is 2.00 bits per heavy atom. The molecule has 1 aliphatic rings. The van der Waals surface area contributed by atoms with Crippen LogP contribution >= 0.6 is 23.1 Å². The van der Waals surface area contributed by atoms with Crippen molar-refractivity contribution in [1.82, 2.24) is 4.98 Å². The lowest BCUT2D eigenvalue weighted by Gasteiger charge is -2.40. The van der Waals surface area contributed by atoms with Crippen LogP contribution in [0.1, 0.15) is 64.2 Å². The van der Waals surface area contributed by atoms with Crippen LogP contribution in [0.4, 0.5) is 9.52 Å². The number of thioether (sulfide) groups is 1. The predicted molar refractivity (Wildman–Crippen MR) is 146 cm³/mol. The van der Waals surface area contributed by atoms with Gasteiger partial charge in [-0.15, -0.1) is 0 Å². The Hall–Kier alpha value is -2.58. The summed E-state index contributed by atoms with van der Waals surface area (Å²) < 4.78 is 20.6. The van der Waals surface area contributed by atoms with Crippen molar-refractivity contribution in [3.8, 4) is 0 Å². The van der Waals surface area contributed by atoms with Crippen LogP contribution in [0.2, 0.25) is 0 Å². The van der Waals surface area contributed by atoms with E-state index in [1.807, 2.05) is 32.9 Å². The van der Waals surface area contributed by atoms with E-state index >= 15 is 0 Å². The van der Waals surface area contributed by atoms with Crippen molar-refractivity contribution >= 4 is 44.4 Å². The Labute approximate surface area is 220 Å². The maximum atomic E-state index is 13.5. The molecule has 2 aromatic carbocycles. The van der Waals surface area contributed by atoms with Gasteiger partial charge in [-0.05, 0) is 72.1 Å². The van der Waals surface area contributed by atoms with E-state index in [-0.39, 0.29) is 34.2 Å². The van der Waals surface area contributed by atoms with Crippen molar-refractivity contribution in [1.29, 1.82) is 0 Å². The summed E-state index contributed by atoms with van der Waals surface area (Å²) in [5.74, 6) is -0.755. The van der Waals surface area contributed by atoms with E-state index in [1.165, 1.54) is 35.2 Å². The number of anilines is 1. The van der Waals surface area contributed by atoms with E-state index in [4.69, 9.17) is 10.5 Å². The highest BCUT2D eigenvalue weighted by molar-refractivity contribution is 8.04. The van der Waals surface area contributed by atoms with Gasteiger partial charge in [0.05, 0.1) is 10.2 Å². The molecule has 0 saturated carbocycles. The molecule has 1 atom stereocenters. The number of aryl methyl sites for hydroxylation is 2. The van der Waals surface area contributed by atoms with Gasteiger partial charge < -0.3 is 15.6 Å². The smallest absolute Gasteiger partial charge is 0.349 e. The molecule has 5 nitrogen and oxygen atoms in total. The van der Waals surface area contributed by atoms with E-state index in [1.54, 1.807) is 6.07 Å². The van der Waals surface area contributed by atoms with Crippen LogP contribution in [-0.4, -0.2) is 21.7 Å². The molecular weight excluding hydrogens is 495 g/mol. The zero-order chi connectivity index (χ0) is 26.4. The number of carbonyl (C=O) groups excluding carboxylic acids is 1. The summed E-state index contributed by atoms with van der Waals surface area (Å²) in [6, 6.07) is 8.74. The average molecular weight is 529 g/mol. The quantitative estimate of drug-likeness (QED) is 0.323. The minimum atomic E-state index is -0.838. The molecule has 1 aromatic heterocycles. The van der Waals surface area contributed by atoms with Crippen molar-refractivity contribution < 1.29 is 19.0 Å². The summed E-state index contributed by atoms with van der Waals surface area (Å²) in [7, 11) is 0. The first-order valence-corrected chi connectivity index (χ1v) is 13.7. The normalized spacial score (nSPS) is 18.8. The number of aliphatic hydroxyl groups is 1. The largest absolute Gasteiger partial charge is 0.511 e. The molecule has 192 valence electrons. The molecule has 1 aliphatic heterocycles. The summed E-state index contributed by atoms with van der Waals surface area (Å²) in [5, 5.41) is 11.7. The molecule has 36 heavy (non-hydrogen) atoms. The Morgan fingerprint density at radius 1 is 1.28 bits per heavy atom. The number of halogens is 1. The maximum absolute atomic E-state index is 13.5. The van der Waals surface area contributed by atoms with E-state index in [9.17, 15) is 14.3 Å². The number of nitrogens with zero attached hydrogens (tertiary/aromatic N) is 1. The maximum Gasteiger partial charge on any atom is 0.349 e. The van der Waals surface area contributed by atoms with Crippen LogP contribution in [0.15, 0.2) is 45.9 Å². The topological polar surface area (TPSA) is 85.4 Å². The van der Waals surface area contributed by atoms with Crippen molar-refractivity contribution in [2.75, 3.05) is 5.73 Å². The summed E-state index contributed by atoms with van der Waals surface area (Å²) in [4.78, 5) is 18.8. The van der Waals surface area contributed by atoms with Gasteiger partial charge in [-0.25, -0.2) is 14.2 Å². The Kier molecular flexibility index (Phi) is 7.14. The number of thiazole rings is 1. The molecule has 2 heterocycles. The number of cyclic esters (lactones) is 1. The molecule has 8 heteroatoms. The Balaban J connectivity index is 1.65. The monoisotopic (exact) mass is 528 g/mol. The standard InChI is InChI=1S/C28H33FN2O3S2/c1-15(2)28(10-9-17-7-8-18(29)11-16(17)3)14-21(32)24(25(33)34-28)35-22-13-23-20(31-26(30)36-23)12-19(22)27(4,5)6/h7-8,11-13,15,32H,9-10,14H2,1-6H3,(H2,30,31)/t28-/m0/s1. The van der Waals surface area contributed by atoms with Gasteiger partial charge in [-0.2, -0.15) is 0 Å². The third-order valence-corrected chi connectivity index (χ3v) is 8.92. The van der Waals surface area contributed by atoms with Gasteiger partial charge >= 0.3 is 5.97 Å². The molecule has 0 bridgehead atoms. The van der Waals surface area contributed by atoms with E-state index < -0.39 is 11.6 Å². The van der Waals surface area contributed by atoms with Crippen molar-refractivity contribution in [3.63, 3.8) is 0 Å². The third-order valence-electron chi connectivity index (χ3n) is 6.91. The Morgan fingerprint density at radius 3 is 2.61 bits per heavy atom. The second-order valence-electron chi connectivity index (χ2n) is 10.9. The highest BCUT2D eigenvalue weighted by Gasteiger charge is 2.44. The molecule has 0 fully saturated rings. The second kappa shape index (κ2) is 9.71. The molecule has 3 N–H and O–H groups in total. The molecule has 0 unspecified atom stereocenters. The first-order chi connectivity index (χ1) is 16.8. The number of rotatable bonds is 6. The third kappa shape index (κ3) is 5.25. The van der Waals surface area contributed by atoms with Gasteiger partial charge in [-0.3, -0.25) is 0 Å². The van der Waals surface area contributed by atoms with Gasteiger partial charge in [0.1, 0.15) is 22.1 Å². The molecule has 4 rings (SSSR count). The van der Waals surface area contributed by atoms with Crippen molar-refractivity contribution in [3.05, 3.63) is 63.5 Å². The number of aliphatic hydroxyl groups excluding tert-OH is 1. The first-order valence-electron chi connectivity index (χ1n) is 12.1. The van der Waals surface area contributed by atoms with Crippen LogP contribution in [0.3, 0.4) is 0 Å². The van der Waals surface area contributed by atoms with Crippen LogP contribution in [0.5, 0.6) is 0 Å². The zero-order valence-corrected chi connectivity index (χ0v) is 23.2. The fourth-order valence-electron chi connectivity index (χ4n) is 4.64. The molecule has 0 radical (unpaired) electrons. The number of carbonyl (C=O) groups is 1.